The number of anilines is 1. The van der Waals surface area contributed by atoms with Gasteiger partial charge in [-0.15, -0.1) is 0 Å². The number of piperazine rings is 1. The van der Waals surface area contributed by atoms with E-state index < -0.39 is 5.60 Å². The highest BCUT2D eigenvalue weighted by Gasteiger charge is 2.28. The van der Waals surface area contributed by atoms with Crippen molar-refractivity contribution in [2.24, 2.45) is 0 Å². The first-order chi connectivity index (χ1) is 13.7. The molecule has 0 atom stereocenters. The van der Waals surface area contributed by atoms with Gasteiger partial charge >= 0.3 is 6.09 Å². The monoisotopic (exact) mass is 399 g/mol. The zero-order valence-corrected chi connectivity index (χ0v) is 16.8. The first-order valence-electron chi connectivity index (χ1n) is 9.45. The van der Waals surface area contributed by atoms with Crippen molar-refractivity contribution in [2.45, 2.75) is 26.4 Å². The van der Waals surface area contributed by atoms with Crippen molar-refractivity contribution in [3.05, 3.63) is 54.0 Å². The van der Waals surface area contributed by atoms with Gasteiger partial charge in [0.05, 0.1) is 6.26 Å². The molecule has 0 unspecified atom stereocenters. The molecule has 0 saturated carbocycles. The van der Waals surface area contributed by atoms with E-state index >= 15 is 0 Å². The van der Waals surface area contributed by atoms with Crippen LogP contribution < -0.4 is 5.32 Å². The molecule has 3 rings (SSSR count). The Morgan fingerprint density at radius 3 is 2.14 bits per heavy atom. The minimum Gasteiger partial charge on any atom is -0.459 e. The highest BCUT2D eigenvalue weighted by Crippen LogP contribution is 2.16. The molecule has 0 radical (unpaired) electrons. The maximum atomic E-state index is 12.7. The van der Waals surface area contributed by atoms with Crippen molar-refractivity contribution in [1.82, 2.24) is 9.80 Å². The summed E-state index contributed by atoms with van der Waals surface area (Å²) < 4.78 is 10.4. The topological polar surface area (TPSA) is 92.1 Å². The minimum atomic E-state index is -0.544. The molecule has 1 saturated heterocycles. The molecule has 1 aliphatic heterocycles. The molecule has 1 N–H and O–H groups in total. The predicted octanol–water partition coefficient (Wildman–Crippen LogP) is 3.22. The molecule has 2 aromatic rings. The van der Waals surface area contributed by atoms with Crippen LogP contribution in [-0.4, -0.2) is 59.5 Å². The molecular formula is C21H25N3O5. The number of furan rings is 1. The maximum absolute atomic E-state index is 12.7. The van der Waals surface area contributed by atoms with E-state index in [0.717, 1.165) is 0 Å². The smallest absolute Gasteiger partial charge is 0.410 e. The lowest BCUT2D eigenvalue weighted by molar-refractivity contribution is 0.0141. The number of nitrogens with zero attached hydrogens (tertiary/aromatic N) is 2. The molecule has 29 heavy (non-hydrogen) atoms. The minimum absolute atomic E-state index is 0.113. The third-order valence-electron chi connectivity index (χ3n) is 4.35. The predicted molar refractivity (Wildman–Crippen MR) is 107 cm³/mol. The highest BCUT2D eigenvalue weighted by molar-refractivity contribution is 6.02. The number of hydrogen-bond acceptors (Lipinski definition) is 5. The van der Waals surface area contributed by atoms with E-state index in [9.17, 15) is 14.4 Å². The summed E-state index contributed by atoms with van der Waals surface area (Å²) in [7, 11) is 0. The van der Waals surface area contributed by atoms with Gasteiger partial charge in [-0.25, -0.2) is 4.79 Å². The van der Waals surface area contributed by atoms with Crippen LogP contribution in [-0.2, 0) is 4.74 Å². The van der Waals surface area contributed by atoms with Crippen LogP contribution in [0.1, 0.15) is 41.7 Å². The van der Waals surface area contributed by atoms with E-state index in [1.54, 1.807) is 46.2 Å². The number of amides is 3. The summed E-state index contributed by atoms with van der Waals surface area (Å²) in [5.41, 5.74) is 0.544. The van der Waals surface area contributed by atoms with Gasteiger partial charge in [-0.3, -0.25) is 9.59 Å². The standard InChI is InChI=1S/C21H25N3O5/c1-21(2,3)29-20(27)24-12-10-23(11-13-24)19(26)15-6-8-16(9-7-15)22-18(25)17-5-4-14-28-17/h4-9,14H,10-13H2,1-3H3,(H,22,25). The van der Waals surface area contributed by atoms with Crippen LogP contribution in [0.15, 0.2) is 47.1 Å². The van der Waals surface area contributed by atoms with Gasteiger partial charge in [0.2, 0.25) is 0 Å². The van der Waals surface area contributed by atoms with E-state index in [-0.39, 0.29) is 23.7 Å². The molecule has 1 aromatic carbocycles. The quantitative estimate of drug-likeness (QED) is 0.856. The van der Waals surface area contributed by atoms with Crippen LogP contribution in [0.25, 0.3) is 0 Å². The van der Waals surface area contributed by atoms with E-state index in [2.05, 4.69) is 5.32 Å². The van der Waals surface area contributed by atoms with Gasteiger partial charge in [0.25, 0.3) is 11.8 Å². The van der Waals surface area contributed by atoms with E-state index in [4.69, 9.17) is 9.15 Å². The zero-order valence-electron chi connectivity index (χ0n) is 16.8. The maximum Gasteiger partial charge on any atom is 0.410 e. The van der Waals surface area contributed by atoms with E-state index in [0.29, 0.717) is 37.4 Å². The van der Waals surface area contributed by atoms with Gasteiger partial charge in [0.15, 0.2) is 5.76 Å². The Kier molecular flexibility index (Phi) is 5.91. The van der Waals surface area contributed by atoms with E-state index in [1.807, 2.05) is 20.8 Å². The first-order valence-corrected chi connectivity index (χ1v) is 9.45. The Morgan fingerprint density at radius 1 is 0.966 bits per heavy atom. The van der Waals surface area contributed by atoms with Crippen LogP contribution >= 0.6 is 0 Å². The van der Waals surface area contributed by atoms with Crippen molar-refractivity contribution in [2.75, 3.05) is 31.5 Å². The molecular weight excluding hydrogens is 374 g/mol. The zero-order chi connectivity index (χ0) is 21.0. The number of nitrogens with one attached hydrogen (secondary N) is 1. The lowest BCUT2D eigenvalue weighted by Crippen LogP contribution is -2.51. The Hall–Kier alpha value is -3.29. The third kappa shape index (κ3) is 5.37. The largest absolute Gasteiger partial charge is 0.459 e. The van der Waals surface area contributed by atoms with Gasteiger partial charge in [-0.2, -0.15) is 0 Å². The van der Waals surface area contributed by atoms with Gasteiger partial charge in [0.1, 0.15) is 5.60 Å². The van der Waals surface area contributed by atoms with Crippen LogP contribution in [0.2, 0.25) is 0 Å². The summed E-state index contributed by atoms with van der Waals surface area (Å²) in [4.78, 5) is 40.2. The third-order valence-corrected chi connectivity index (χ3v) is 4.35. The number of carbonyl (C=O) groups excluding carboxylic acids is 3. The Labute approximate surface area is 169 Å². The average molecular weight is 399 g/mol. The molecule has 8 nitrogen and oxygen atoms in total. The summed E-state index contributed by atoms with van der Waals surface area (Å²) >= 11 is 0. The van der Waals surface area contributed by atoms with Crippen molar-refractivity contribution >= 4 is 23.6 Å². The second-order valence-corrected chi connectivity index (χ2v) is 7.77. The van der Waals surface area contributed by atoms with Gasteiger partial charge in [0, 0.05) is 37.4 Å². The fourth-order valence-corrected chi connectivity index (χ4v) is 2.90. The van der Waals surface area contributed by atoms with E-state index in [1.165, 1.54) is 6.26 Å². The first kappa shape index (κ1) is 20.4. The lowest BCUT2D eigenvalue weighted by Gasteiger charge is -2.35. The van der Waals surface area contributed by atoms with Crippen molar-refractivity contribution < 1.29 is 23.5 Å². The van der Waals surface area contributed by atoms with Gasteiger partial charge < -0.3 is 24.3 Å². The average Bonchev–Trinajstić information content (AvgIpc) is 3.22. The van der Waals surface area contributed by atoms with Crippen molar-refractivity contribution in [3.8, 4) is 0 Å². The summed E-state index contributed by atoms with van der Waals surface area (Å²) in [6, 6.07) is 9.89. The van der Waals surface area contributed by atoms with Crippen molar-refractivity contribution in [3.63, 3.8) is 0 Å². The molecule has 1 fully saturated rings. The molecule has 8 heteroatoms. The number of carbonyl (C=O) groups is 3. The second kappa shape index (κ2) is 8.38. The number of benzene rings is 1. The normalized spacial score (nSPS) is 14.4. The summed E-state index contributed by atoms with van der Waals surface area (Å²) in [5, 5.41) is 2.71. The number of hydrogen-bond donors (Lipinski definition) is 1. The summed E-state index contributed by atoms with van der Waals surface area (Å²) in [6.45, 7) is 7.21. The second-order valence-electron chi connectivity index (χ2n) is 7.77. The summed E-state index contributed by atoms with van der Waals surface area (Å²) in [5.74, 6) is -0.252. The Balaban J connectivity index is 1.53. The van der Waals surface area contributed by atoms with Crippen molar-refractivity contribution in [1.29, 1.82) is 0 Å². The molecule has 1 aromatic heterocycles. The van der Waals surface area contributed by atoms with Crippen LogP contribution in [0, 0.1) is 0 Å². The van der Waals surface area contributed by atoms with Crippen LogP contribution in [0.3, 0.4) is 0 Å². The van der Waals surface area contributed by atoms with Crippen LogP contribution in [0.5, 0.6) is 0 Å². The van der Waals surface area contributed by atoms with Gasteiger partial charge in [-0.1, -0.05) is 0 Å². The molecule has 0 bridgehead atoms. The fourth-order valence-electron chi connectivity index (χ4n) is 2.90. The molecule has 2 heterocycles. The number of rotatable bonds is 3. The SMILES string of the molecule is CC(C)(C)OC(=O)N1CCN(C(=O)c2ccc(NC(=O)c3ccco3)cc2)CC1. The number of ether oxygens (including phenoxy) is 1. The Bertz CT molecular complexity index is 861. The fraction of sp³-hybridized carbons (Fsp3) is 0.381. The molecule has 1 aliphatic rings. The molecule has 0 aliphatic carbocycles. The molecule has 0 spiro atoms. The molecule has 154 valence electrons. The lowest BCUT2D eigenvalue weighted by atomic mass is 10.1. The van der Waals surface area contributed by atoms with Crippen LogP contribution in [0.4, 0.5) is 10.5 Å². The Morgan fingerprint density at radius 2 is 1.59 bits per heavy atom. The highest BCUT2D eigenvalue weighted by atomic mass is 16.6. The molecule has 3 amide bonds. The van der Waals surface area contributed by atoms with Gasteiger partial charge in [-0.05, 0) is 57.2 Å². The summed E-state index contributed by atoms with van der Waals surface area (Å²) in [6.07, 6.45) is 1.07.